The lowest BCUT2D eigenvalue weighted by atomic mass is 9.78. The molecule has 1 fully saturated rings. The second-order valence-corrected chi connectivity index (χ2v) is 7.70. The van der Waals surface area contributed by atoms with Crippen LogP contribution in [-0.2, 0) is 9.53 Å². The third-order valence-electron chi connectivity index (χ3n) is 5.55. The number of nitrogens with one attached hydrogen (secondary N) is 1. The summed E-state index contributed by atoms with van der Waals surface area (Å²) in [7, 11) is 1.24. The molecule has 1 aromatic heterocycles. The molecular formula is C21H23F2N3O4. The molecule has 9 heteroatoms. The summed E-state index contributed by atoms with van der Waals surface area (Å²) < 4.78 is 39.2. The second-order valence-electron chi connectivity index (χ2n) is 7.70. The highest BCUT2D eigenvalue weighted by Gasteiger charge is 2.51. The van der Waals surface area contributed by atoms with Crippen LogP contribution in [0.4, 0.5) is 14.6 Å². The summed E-state index contributed by atoms with van der Waals surface area (Å²) in [5.41, 5.74) is 4.82. The maximum absolute atomic E-state index is 14.3. The summed E-state index contributed by atoms with van der Waals surface area (Å²) in [6, 6.07) is 6.85. The van der Waals surface area contributed by atoms with E-state index in [1.54, 1.807) is 0 Å². The molecule has 3 atom stereocenters. The third kappa shape index (κ3) is 3.85. The molecule has 0 spiro atoms. The van der Waals surface area contributed by atoms with E-state index in [4.69, 9.17) is 15.2 Å². The van der Waals surface area contributed by atoms with E-state index in [0.29, 0.717) is 5.56 Å². The van der Waals surface area contributed by atoms with Crippen LogP contribution in [-0.4, -0.2) is 35.6 Å². The maximum Gasteiger partial charge on any atom is 0.267 e. The minimum atomic E-state index is -1.12. The smallest absolute Gasteiger partial charge is 0.267 e. The van der Waals surface area contributed by atoms with Gasteiger partial charge < -0.3 is 20.5 Å². The number of nitrogens with two attached hydrogens (primary N) is 1. The van der Waals surface area contributed by atoms with E-state index < -0.39 is 41.1 Å². The summed E-state index contributed by atoms with van der Waals surface area (Å²) >= 11 is 0. The van der Waals surface area contributed by atoms with Crippen molar-refractivity contribution in [3.63, 3.8) is 0 Å². The molecule has 2 heterocycles. The minimum absolute atomic E-state index is 0.00679. The van der Waals surface area contributed by atoms with E-state index in [2.05, 4.69) is 10.3 Å². The van der Waals surface area contributed by atoms with Gasteiger partial charge in [-0.25, -0.2) is 9.37 Å². The van der Waals surface area contributed by atoms with Crippen molar-refractivity contribution < 1.29 is 27.8 Å². The monoisotopic (exact) mass is 419 g/mol. The molecule has 160 valence electrons. The number of hydrogen-bond donors (Lipinski definition) is 2. The number of benzene rings is 1. The average molecular weight is 419 g/mol. The fraction of sp³-hybridized carbons (Fsp3) is 0.381. The van der Waals surface area contributed by atoms with Gasteiger partial charge in [-0.3, -0.25) is 9.59 Å². The Balaban J connectivity index is 1.98. The van der Waals surface area contributed by atoms with Gasteiger partial charge in [0, 0.05) is 11.5 Å². The fourth-order valence-corrected chi connectivity index (χ4v) is 3.71. The molecule has 3 N–H and O–H groups in total. The van der Waals surface area contributed by atoms with Crippen LogP contribution < -0.4 is 15.8 Å². The number of aromatic nitrogens is 1. The Bertz CT molecular complexity index is 996. The van der Waals surface area contributed by atoms with Gasteiger partial charge in [-0.05, 0) is 38.0 Å². The Hall–Kier alpha value is -3.07. The molecule has 0 radical (unpaired) electrons. The number of pyridine rings is 1. The standard InChI is InChI=1S/C21H23F2N3O4/c1-10-15(11-8-9-12(22)16(23)17(11)29-4)18(30-21(10,2)3)20(28)26-14-7-5-6-13(25-14)19(24)27/h5-10,15,18H,1-4H3,(H2,24,27)(H,25,26,28)/t10-,15-,18+/m0/s1. The molecule has 1 aromatic carbocycles. The van der Waals surface area contributed by atoms with Gasteiger partial charge in [0.25, 0.3) is 11.8 Å². The summed E-state index contributed by atoms with van der Waals surface area (Å²) in [6.45, 7) is 5.50. The zero-order chi connectivity index (χ0) is 22.2. The van der Waals surface area contributed by atoms with E-state index in [0.717, 1.165) is 6.07 Å². The number of carbonyl (C=O) groups is 2. The minimum Gasteiger partial charge on any atom is -0.493 e. The molecule has 0 aliphatic carbocycles. The quantitative estimate of drug-likeness (QED) is 0.776. The van der Waals surface area contributed by atoms with Gasteiger partial charge in [0.2, 0.25) is 5.82 Å². The van der Waals surface area contributed by atoms with Crippen molar-refractivity contribution in [3.8, 4) is 5.75 Å². The van der Waals surface area contributed by atoms with Crippen molar-refractivity contribution in [1.82, 2.24) is 4.98 Å². The summed E-state index contributed by atoms with van der Waals surface area (Å²) in [5.74, 6) is -4.45. The third-order valence-corrected chi connectivity index (χ3v) is 5.55. The van der Waals surface area contributed by atoms with Gasteiger partial charge in [-0.2, -0.15) is 4.39 Å². The number of rotatable bonds is 5. The SMILES string of the molecule is COc1c([C@H]2[C@H](C(=O)Nc3cccc(C(N)=O)n3)OC(C)(C)[C@H]2C)ccc(F)c1F. The van der Waals surface area contributed by atoms with E-state index >= 15 is 0 Å². The molecular weight excluding hydrogens is 396 g/mol. The lowest BCUT2D eigenvalue weighted by Gasteiger charge is -2.25. The highest BCUT2D eigenvalue weighted by Crippen LogP contribution is 2.49. The zero-order valence-electron chi connectivity index (χ0n) is 17.0. The number of primary amides is 1. The molecule has 30 heavy (non-hydrogen) atoms. The van der Waals surface area contributed by atoms with E-state index in [9.17, 15) is 18.4 Å². The van der Waals surface area contributed by atoms with Crippen LogP contribution in [0.15, 0.2) is 30.3 Å². The predicted molar refractivity (Wildman–Crippen MR) is 105 cm³/mol. The Kier molecular flexibility index (Phi) is 5.76. The van der Waals surface area contributed by atoms with Gasteiger partial charge in [0.15, 0.2) is 11.6 Å². The fourth-order valence-electron chi connectivity index (χ4n) is 3.71. The first kappa shape index (κ1) is 21.6. The molecule has 0 unspecified atom stereocenters. The Morgan fingerprint density at radius 3 is 2.57 bits per heavy atom. The van der Waals surface area contributed by atoms with Crippen molar-refractivity contribution in [2.24, 2.45) is 11.7 Å². The van der Waals surface area contributed by atoms with E-state index in [1.165, 1.54) is 31.4 Å². The molecule has 7 nitrogen and oxygen atoms in total. The molecule has 0 bridgehead atoms. The molecule has 3 rings (SSSR count). The van der Waals surface area contributed by atoms with Crippen molar-refractivity contribution in [2.75, 3.05) is 12.4 Å². The van der Waals surface area contributed by atoms with Gasteiger partial charge in [0.1, 0.15) is 17.6 Å². The number of anilines is 1. The predicted octanol–water partition coefficient (Wildman–Crippen LogP) is 3.00. The van der Waals surface area contributed by atoms with Crippen LogP contribution in [0, 0.1) is 17.6 Å². The van der Waals surface area contributed by atoms with Crippen LogP contribution in [0.5, 0.6) is 5.75 Å². The van der Waals surface area contributed by atoms with Crippen molar-refractivity contribution in [2.45, 2.75) is 38.4 Å². The van der Waals surface area contributed by atoms with E-state index in [1.807, 2.05) is 20.8 Å². The first-order chi connectivity index (χ1) is 14.1. The number of nitrogens with zero attached hydrogens (tertiary/aromatic N) is 1. The largest absolute Gasteiger partial charge is 0.493 e. The normalized spacial score (nSPS) is 22.5. The molecule has 1 aliphatic heterocycles. The Morgan fingerprint density at radius 1 is 1.23 bits per heavy atom. The number of halogens is 2. The van der Waals surface area contributed by atoms with Crippen LogP contribution in [0.2, 0.25) is 0 Å². The van der Waals surface area contributed by atoms with Crippen molar-refractivity contribution >= 4 is 17.6 Å². The van der Waals surface area contributed by atoms with Gasteiger partial charge in [-0.15, -0.1) is 0 Å². The first-order valence-electron chi connectivity index (χ1n) is 9.34. The van der Waals surface area contributed by atoms with Crippen LogP contribution in [0.1, 0.15) is 42.7 Å². The topological polar surface area (TPSA) is 104 Å². The summed E-state index contributed by atoms with van der Waals surface area (Å²) in [4.78, 5) is 28.4. The highest BCUT2D eigenvalue weighted by atomic mass is 19.2. The molecule has 2 aromatic rings. The highest BCUT2D eigenvalue weighted by molar-refractivity contribution is 5.96. The first-order valence-corrected chi connectivity index (χ1v) is 9.34. The van der Waals surface area contributed by atoms with E-state index in [-0.39, 0.29) is 23.2 Å². The number of ether oxygens (including phenoxy) is 2. The lowest BCUT2D eigenvalue weighted by Crippen LogP contribution is -2.33. The second kappa shape index (κ2) is 7.98. The number of hydrogen-bond acceptors (Lipinski definition) is 5. The van der Waals surface area contributed by atoms with Crippen LogP contribution in [0.3, 0.4) is 0 Å². The summed E-state index contributed by atoms with van der Waals surface area (Å²) in [5, 5.41) is 2.61. The average Bonchev–Trinajstić information content (AvgIpc) is 2.93. The number of amides is 2. The van der Waals surface area contributed by atoms with Gasteiger partial charge >= 0.3 is 0 Å². The summed E-state index contributed by atoms with van der Waals surface area (Å²) in [6.07, 6.45) is -1.03. The molecule has 0 saturated carbocycles. The maximum atomic E-state index is 14.3. The number of carbonyl (C=O) groups excluding carboxylic acids is 2. The zero-order valence-corrected chi connectivity index (χ0v) is 17.0. The lowest BCUT2D eigenvalue weighted by molar-refractivity contribution is -0.131. The Labute approximate surface area is 172 Å². The molecule has 1 saturated heterocycles. The number of methoxy groups -OCH3 is 1. The van der Waals surface area contributed by atoms with Gasteiger partial charge in [0.05, 0.1) is 12.7 Å². The molecule has 1 aliphatic rings. The van der Waals surface area contributed by atoms with Crippen molar-refractivity contribution in [3.05, 3.63) is 53.2 Å². The van der Waals surface area contributed by atoms with Crippen LogP contribution in [0.25, 0.3) is 0 Å². The van der Waals surface area contributed by atoms with Crippen LogP contribution >= 0.6 is 0 Å². The Morgan fingerprint density at radius 2 is 1.93 bits per heavy atom. The van der Waals surface area contributed by atoms with Crippen molar-refractivity contribution in [1.29, 1.82) is 0 Å². The molecule has 2 amide bonds. The van der Waals surface area contributed by atoms with Gasteiger partial charge in [-0.1, -0.05) is 19.1 Å².